The summed E-state index contributed by atoms with van der Waals surface area (Å²) in [4.78, 5) is 72.5. The Morgan fingerprint density at radius 1 is 0.318 bits per heavy atom. The topological polar surface area (TPSA) is 237 Å². The smallest absolute Gasteiger partial charge is 0.462 e. The maximum Gasteiger partial charge on any atom is 0.472 e. The Morgan fingerprint density at radius 2 is 0.545 bits per heavy atom. The van der Waals surface area contributed by atoms with Gasteiger partial charge in [-0.3, -0.25) is 37.3 Å². The van der Waals surface area contributed by atoms with Gasteiger partial charge in [0.25, 0.3) is 0 Å². The van der Waals surface area contributed by atoms with Crippen molar-refractivity contribution in [3.8, 4) is 0 Å². The lowest BCUT2D eigenvalue weighted by atomic mass is 9.99. The van der Waals surface area contributed by atoms with Crippen molar-refractivity contribution in [3.63, 3.8) is 0 Å². The number of hydrogen-bond acceptors (Lipinski definition) is 15. The van der Waals surface area contributed by atoms with Crippen LogP contribution in [-0.2, 0) is 65.4 Å². The Bertz CT molecular complexity index is 1750. The number of aliphatic hydroxyl groups excluding tert-OH is 1. The fourth-order valence-corrected chi connectivity index (χ4v) is 11.8. The number of carbonyl (C=O) groups is 4. The molecule has 0 bridgehead atoms. The summed E-state index contributed by atoms with van der Waals surface area (Å²) in [6.07, 6.45) is 40.3. The first kappa shape index (κ1) is 86.1. The summed E-state index contributed by atoms with van der Waals surface area (Å²) in [5.74, 6) is 0.863. The number of phosphoric acid groups is 2. The fourth-order valence-electron chi connectivity index (χ4n) is 10.2. The molecule has 3 N–H and O–H groups in total. The van der Waals surface area contributed by atoms with Gasteiger partial charge in [-0.25, -0.2) is 9.13 Å². The highest BCUT2D eigenvalue weighted by Gasteiger charge is 2.30. The average molecular weight is 1300 g/mol. The number of aliphatic hydroxyl groups is 1. The number of unbranched alkanes of at least 4 members (excludes halogenated alkanes) is 30. The summed E-state index contributed by atoms with van der Waals surface area (Å²) in [6, 6.07) is 0. The molecule has 0 aliphatic heterocycles. The average Bonchev–Trinajstić information content (AvgIpc) is 3.52. The molecular formula is C69H134O17P2. The Kier molecular flexibility index (Phi) is 57.6. The summed E-state index contributed by atoms with van der Waals surface area (Å²) in [6.45, 7) is 14.1. The monoisotopic (exact) mass is 1300 g/mol. The van der Waals surface area contributed by atoms with Crippen LogP contribution in [0.2, 0.25) is 0 Å². The lowest BCUT2D eigenvalue weighted by Crippen LogP contribution is -2.30. The standard InChI is InChI=1S/C69H134O17P2/c1-9-61(7)47-39-31-23-18-20-26-35-43-51-68(73)85-64(55-80-67(72)50-42-34-25-19-17-22-30-38-46-60(5)6)57-83-87(75,76)81-53-63(70)54-82-88(77,78)84-58-65(86-69(74)52-44-36-28-27-32-40-48-62(8)10-2)56-79-66(71)49-41-33-24-16-14-12-11-13-15-21-29-37-45-59(3)4/h59-65,70H,9-58H2,1-8H3,(H,75,76)(H,77,78)/t61?,62?,63?,64-,65-/m1/s1. The van der Waals surface area contributed by atoms with Crippen molar-refractivity contribution in [2.75, 3.05) is 39.6 Å². The van der Waals surface area contributed by atoms with E-state index < -0.39 is 97.5 Å². The molecule has 0 rings (SSSR count). The number of ether oxygens (including phenoxy) is 4. The Morgan fingerprint density at radius 3 is 0.807 bits per heavy atom. The fraction of sp³-hybridized carbons (Fsp3) is 0.942. The van der Waals surface area contributed by atoms with Gasteiger partial charge in [0.1, 0.15) is 19.3 Å². The molecule has 0 radical (unpaired) electrons. The summed E-state index contributed by atoms with van der Waals surface area (Å²) in [5, 5.41) is 10.6. The molecule has 5 unspecified atom stereocenters. The van der Waals surface area contributed by atoms with E-state index in [1.54, 1.807) is 0 Å². The molecule has 0 heterocycles. The predicted molar refractivity (Wildman–Crippen MR) is 354 cm³/mol. The molecule has 0 aliphatic carbocycles. The maximum atomic E-state index is 13.0. The van der Waals surface area contributed by atoms with E-state index in [-0.39, 0.29) is 25.7 Å². The van der Waals surface area contributed by atoms with Crippen molar-refractivity contribution >= 4 is 39.5 Å². The highest BCUT2D eigenvalue weighted by atomic mass is 31.2. The Labute approximate surface area is 537 Å². The molecule has 0 saturated carbocycles. The number of hydrogen-bond donors (Lipinski definition) is 3. The third-order valence-corrected chi connectivity index (χ3v) is 18.4. The van der Waals surface area contributed by atoms with E-state index in [4.69, 9.17) is 37.0 Å². The number of rotatable bonds is 66. The van der Waals surface area contributed by atoms with Crippen LogP contribution >= 0.6 is 15.6 Å². The SMILES string of the molecule is CCC(C)CCCCCCCCCCC(=O)O[C@H](COC(=O)CCCCCCCCCCC(C)C)COP(=O)(O)OCC(O)COP(=O)(O)OC[C@@H](COC(=O)CCCCCCCCCCCCCCC(C)C)OC(=O)CCCCCCCCC(C)CC. The quantitative estimate of drug-likeness (QED) is 0.0222. The lowest BCUT2D eigenvalue weighted by molar-refractivity contribution is -0.161. The highest BCUT2D eigenvalue weighted by Crippen LogP contribution is 2.45. The molecule has 0 aromatic carbocycles. The van der Waals surface area contributed by atoms with Gasteiger partial charge in [0.15, 0.2) is 12.2 Å². The molecule has 0 aromatic heterocycles. The molecule has 19 heteroatoms. The van der Waals surface area contributed by atoms with Gasteiger partial charge in [-0.05, 0) is 49.4 Å². The van der Waals surface area contributed by atoms with Crippen molar-refractivity contribution < 1.29 is 80.2 Å². The van der Waals surface area contributed by atoms with Crippen LogP contribution in [0, 0.1) is 23.7 Å². The van der Waals surface area contributed by atoms with Crippen LogP contribution in [0.15, 0.2) is 0 Å². The molecule has 88 heavy (non-hydrogen) atoms. The minimum absolute atomic E-state index is 0.102. The highest BCUT2D eigenvalue weighted by molar-refractivity contribution is 7.47. The Balaban J connectivity index is 5.24. The second kappa shape index (κ2) is 58.8. The van der Waals surface area contributed by atoms with Gasteiger partial charge in [-0.2, -0.15) is 0 Å². The first-order valence-corrected chi connectivity index (χ1v) is 38.8. The van der Waals surface area contributed by atoms with Crippen LogP contribution in [0.3, 0.4) is 0 Å². The molecule has 0 amide bonds. The van der Waals surface area contributed by atoms with Crippen LogP contribution < -0.4 is 0 Å². The predicted octanol–water partition coefficient (Wildman–Crippen LogP) is 19.3. The van der Waals surface area contributed by atoms with E-state index in [1.165, 1.54) is 141 Å². The number of carbonyl (C=O) groups excluding carboxylic acids is 4. The van der Waals surface area contributed by atoms with Crippen LogP contribution in [0.1, 0.15) is 338 Å². The zero-order valence-electron chi connectivity index (χ0n) is 57.3. The van der Waals surface area contributed by atoms with Crippen molar-refractivity contribution in [1.29, 1.82) is 0 Å². The van der Waals surface area contributed by atoms with Gasteiger partial charge >= 0.3 is 39.5 Å². The van der Waals surface area contributed by atoms with Crippen LogP contribution in [0.4, 0.5) is 0 Å². The molecule has 0 aromatic rings. The first-order chi connectivity index (χ1) is 42.2. The zero-order valence-corrected chi connectivity index (χ0v) is 59.1. The lowest BCUT2D eigenvalue weighted by Gasteiger charge is -2.21. The second-order valence-electron chi connectivity index (χ2n) is 26.4. The molecule has 0 saturated heterocycles. The van der Waals surface area contributed by atoms with Crippen LogP contribution in [0.5, 0.6) is 0 Å². The normalized spacial score (nSPS) is 14.9. The number of esters is 4. The van der Waals surface area contributed by atoms with Gasteiger partial charge in [-0.1, -0.05) is 287 Å². The van der Waals surface area contributed by atoms with E-state index in [9.17, 15) is 43.2 Å². The van der Waals surface area contributed by atoms with Crippen LogP contribution in [0.25, 0.3) is 0 Å². The maximum absolute atomic E-state index is 13.0. The van der Waals surface area contributed by atoms with E-state index in [0.29, 0.717) is 25.7 Å². The summed E-state index contributed by atoms with van der Waals surface area (Å²) < 4.78 is 68.2. The molecule has 522 valence electrons. The van der Waals surface area contributed by atoms with E-state index in [1.807, 2.05) is 0 Å². The molecule has 17 nitrogen and oxygen atoms in total. The van der Waals surface area contributed by atoms with Crippen molar-refractivity contribution in [2.45, 2.75) is 356 Å². The largest absolute Gasteiger partial charge is 0.472 e. The molecule has 0 aliphatic rings. The summed E-state index contributed by atoms with van der Waals surface area (Å²) >= 11 is 0. The van der Waals surface area contributed by atoms with Crippen molar-refractivity contribution in [1.82, 2.24) is 0 Å². The van der Waals surface area contributed by atoms with Gasteiger partial charge in [0.2, 0.25) is 0 Å². The summed E-state index contributed by atoms with van der Waals surface area (Å²) in [7, 11) is -9.90. The third kappa shape index (κ3) is 60.3. The van der Waals surface area contributed by atoms with Crippen molar-refractivity contribution in [2.24, 2.45) is 23.7 Å². The van der Waals surface area contributed by atoms with E-state index in [0.717, 1.165) is 114 Å². The van der Waals surface area contributed by atoms with Gasteiger partial charge in [0, 0.05) is 25.7 Å². The third-order valence-electron chi connectivity index (χ3n) is 16.5. The van der Waals surface area contributed by atoms with Gasteiger partial charge in [-0.15, -0.1) is 0 Å². The van der Waals surface area contributed by atoms with Crippen molar-refractivity contribution in [3.05, 3.63) is 0 Å². The number of phosphoric ester groups is 2. The first-order valence-electron chi connectivity index (χ1n) is 35.8. The molecule has 0 fully saturated rings. The van der Waals surface area contributed by atoms with E-state index in [2.05, 4.69) is 55.4 Å². The van der Waals surface area contributed by atoms with Crippen LogP contribution in [-0.4, -0.2) is 96.7 Å². The molecule has 7 atom stereocenters. The second-order valence-corrected chi connectivity index (χ2v) is 29.3. The Hall–Kier alpha value is -1.94. The minimum Gasteiger partial charge on any atom is -0.462 e. The molecule has 0 spiro atoms. The summed E-state index contributed by atoms with van der Waals surface area (Å²) in [5.41, 5.74) is 0. The minimum atomic E-state index is -4.95. The van der Waals surface area contributed by atoms with Gasteiger partial charge in [0.05, 0.1) is 26.4 Å². The molecular weight excluding hydrogens is 1160 g/mol. The van der Waals surface area contributed by atoms with Gasteiger partial charge < -0.3 is 33.8 Å². The zero-order chi connectivity index (χ0) is 65.4. The van der Waals surface area contributed by atoms with E-state index >= 15 is 0 Å².